The van der Waals surface area contributed by atoms with Crippen LogP contribution in [0.3, 0.4) is 0 Å². The number of hydrogen-bond donors (Lipinski definition) is 2. The standard InChI is InChI=1S/C14H20O2S/c15-10-12-4-6-13(7-5-12)17-11-14(16)8-2-1-3-9-14/h4-7,15-16H,1-3,8-11H2. The van der Waals surface area contributed by atoms with Crippen molar-refractivity contribution in [3.05, 3.63) is 29.8 Å². The first-order valence-corrected chi connectivity index (χ1v) is 7.25. The van der Waals surface area contributed by atoms with E-state index in [9.17, 15) is 5.11 Å². The Balaban J connectivity index is 1.87. The molecule has 0 saturated heterocycles. The predicted octanol–water partition coefficient (Wildman–Crippen LogP) is 2.97. The normalized spacial score (nSPS) is 19.2. The fourth-order valence-corrected chi connectivity index (χ4v) is 3.32. The largest absolute Gasteiger partial charge is 0.392 e. The molecule has 1 aliphatic rings. The molecule has 3 heteroatoms. The summed E-state index contributed by atoms with van der Waals surface area (Å²) in [5.74, 6) is 0.783. The molecule has 0 unspecified atom stereocenters. The SMILES string of the molecule is OCc1ccc(SCC2(O)CCCCC2)cc1. The Bertz CT molecular complexity index is 342. The molecule has 0 amide bonds. The molecule has 1 aliphatic carbocycles. The number of rotatable bonds is 4. The smallest absolute Gasteiger partial charge is 0.0741 e. The molecule has 1 aromatic carbocycles. The Morgan fingerprint density at radius 2 is 1.71 bits per heavy atom. The summed E-state index contributed by atoms with van der Waals surface area (Å²) in [6, 6.07) is 7.91. The Hall–Kier alpha value is -0.510. The fraction of sp³-hybridized carbons (Fsp3) is 0.571. The second-order valence-electron chi connectivity index (χ2n) is 4.88. The van der Waals surface area contributed by atoms with Gasteiger partial charge in [-0.3, -0.25) is 0 Å². The molecule has 1 fully saturated rings. The number of hydrogen-bond acceptors (Lipinski definition) is 3. The van der Waals surface area contributed by atoms with Gasteiger partial charge in [0, 0.05) is 10.6 Å². The number of aliphatic hydroxyl groups excluding tert-OH is 1. The van der Waals surface area contributed by atoms with Crippen LogP contribution in [0.5, 0.6) is 0 Å². The van der Waals surface area contributed by atoms with Crippen molar-refractivity contribution in [3.8, 4) is 0 Å². The van der Waals surface area contributed by atoms with E-state index in [1.165, 1.54) is 11.3 Å². The molecule has 0 radical (unpaired) electrons. The molecule has 0 aliphatic heterocycles. The van der Waals surface area contributed by atoms with Gasteiger partial charge in [0.1, 0.15) is 0 Å². The highest BCUT2D eigenvalue weighted by atomic mass is 32.2. The van der Waals surface area contributed by atoms with Crippen molar-refractivity contribution in [2.75, 3.05) is 5.75 Å². The molecule has 2 nitrogen and oxygen atoms in total. The van der Waals surface area contributed by atoms with Gasteiger partial charge in [0.25, 0.3) is 0 Å². The lowest BCUT2D eigenvalue weighted by Crippen LogP contribution is -2.33. The van der Waals surface area contributed by atoms with Crippen LogP contribution in [0.4, 0.5) is 0 Å². The first-order chi connectivity index (χ1) is 8.22. The van der Waals surface area contributed by atoms with E-state index in [1.54, 1.807) is 11.8 Å². The highest BCUT2D eigenvalue weighted by Crippen LogP contribution is 2.33. The molecule has 0 bridgehead atoms. The van der Waals surface area contributed by atoms with Crippen molar-refractivity contribution in [2.24, 2.45) is 0 Å². The van der Waals surface area contributed by atoms with Crippen LogP contribution in [-0.2, 0) is 6.61 Å². The van der Waals surface area contributed by atoms with Gasteiger partial charge in [0.15, 0.2) is 0 Å². The minimum atomic E-state index is -0.460. The van der Waals surface area contributed by atoms with Crippen molar-refractivity contribution >= 4 is 11.8 Å². The van der Waals surface area contributed by atoms with E-state index in [-0.39, 0.29) is 6.61 Å². The first-order valence-electron chi connectivity index (χ1n) is 6.27. The molecule has 0 aromatic heterocycles. The Labute approximate surface area is 107 Å². The summed E-state index contributed by atoms with van der Waals surface area (Å²) in [6.07, 6.45) is 5.45. The zero-order valence-corrected chi connectivity index (χ0v) is 10.9. The van der Waals surface area contributed by atoms with Gasteiger partial charge in [-0.2, -0.15) is 0 Å². The lowest BCUT2D eigenvalue weighted by atomic mass is 9.86. The summed E-state index contributed by atoms with van der Waals surface area (Å²) >= 11 is 1.71. The van der Waals surface area contributed by atoms with Gasteiger partial charge in [-0.1, -0.05) is 31.4 Å². The average Bonchev–Trinajstić information content (AvgIpc) is 2.38. The highest BCUT2D eigenvalue weighted by Gasteiger charge is 2.28. The summed E-state index contributed by atoms with van der Waals surface area (Å²) in [4.78, 5) is 1.17. The number of thioether (sulfide) groups is 1. The number of benzene rings is 1. The van der Waals surface area contributed by atoms with E-state index in [0.29, 0.717) is 0 Å². The summed E-state index contributed by atoms with van der Waals surface area (Å²) < 4.78 is 0. The van der Waals surface area contributed by atoms with Gasteiger partial charge < -0.3 is 10.2 Å². The molecule has 0 heterocycles. The maximum absolute atomic E-state index is 10.4. The minimum Gasteiger partial charge on any atom is -0.392 e. The van der Waals surface area contributed by atoms with Gasteiger partial charge in [0.2, 0.25) is 0 Å². The molecular weight excluding hydrogens is 232 g/mol. The maximum Gasteiger partial charge on any atom is 0.0741 e. The van der Waals surface area contributed by atoms with E-state index in [4.69, 9.17) is 5.11 Å². The average molecular weight is 252 g/mol. The maximum atomic E-state index is 10.4. The third kappa shape index (κ3) is 3.73. The summed E-state index contributed by atoms with van der Waals surface area (Å²) in [5, 5.41) is 19.3. The third-order valence-electron chi connectivity index (χ3n) is 3.40. The van der Waals surface area contributed by atoms with Crippen molar-refractivity contribution in [1.82, 2.24) is 0 Å². The van der Waals surface area contributed by atoms with Crippen LogP contribution in [0.15, 0.2) is 29.2 Å². The highest BCUT2D eigenvalue weighted by molar-refractivity contribution is 7.99. The third-order valence-corrected chi connectivity index (χ3v) is 4.68. The van der Waals surface area contributed by atoms with E-state index in [0.717, 1.165) is 37.0 Å². The second-order valence-corrected chi connectivity index (χ2v) is 5.92. The molecule has 2 N–H and O–H groups in total. The molecule has 17 heavy (non-hydrogen) atoms. The number of aliphatic hydroxyl groups is 2. The van der Waals surface area contributed by atoms with Crippen LogP contribution in [0.1, 0.15) is 37.7 Å². The predicted molar refractivity (Wildman–Crippen MR) is 71.1 cm³/mol. The molecular formula is C14H20O2S. The monoisotopic (exact) mass is 252 g/mol. The van der Waals surface area contributed by atoms with E-state index >= 15 is 0 Å². The molecule has 1 saturated carbocycles. The summed E-state index contributed by atoms with van der Waals surface area (Å²) in [7, 11) is 0. The van der Waals surface area contributed by atoms with Crippen molar-refractivity contribution < 1.29 is 10.2 Å². The van der Waals surface area contributed by atoms with Crippen molar-refractivity contribution in [1.29, 1.82) is 0 Å². The minimum absolute atomic E-state index is 0.0921. The topological polar surface area (TPSA) is 40.5 Å². The summed E-state index contributed by atoms with van der Waals surface area (Å²) in [5.41, 5.74) is 0.476. The summed E-state index contributed by atoms with van der Waals surface area (Å²) in [6.45, 7) is 0.0921. The quantitative estimate of drug-likeness (QED) is 0.809. The van der Waals surface area contributed by atoms with E-state index in [2.05, 4.69) is 0 Å². The fourth-order valence-electron chi connectivity index (χ4n) is 2.26. The van der Waals surface area contributed by atoms with Crippen molar-refractivity contribution in [2.45, 2.75) is 49.2 Å². The molecule has 0 spiro atoms. The Morgan fingerprint density at radius 3 is 2.29 bits per heavy atom. The zero-order chi connectivity index (χ0) is 12.1. The van der Waals surface area contributed by atoms with Gasteiger partial charge in [0.05, 0.1) is 12.2 Å². The lowest BCUT2D eigenvalue weighted by molar-refractivity contribution is 0.0273. The molecule has 94 valence electrons. The zero-order valence-electron chi connectivity index (χ0n) is 10.1. The van der Waals surface area contributed by atoms with Crippen molar-refractivity contribution in [3.63, 3.8) is 0 Å². The van der Waals surface area contributed by atoms with Crippen LogP contribution in [0.2, 0.25) is 0 Å². The van der Waals surface area contributed by atoms with Crippen LogP contribution in [-0.4, -0.2) is 21.6 Å². The molecule has 1 aromatic rings. The van der Waals surface area contributed by atoms with E-state index < -0.39 is 5.60 Å². The van der Waals surface area contributed by atoms with E-state index in [1.807, 2.05) is 24.3 Å². The lowest BCUT2D eigenvalue weighted by Gasteiger charge is -2.31. The van der Waals surface area contributed by atoms with Gasteiger partial charge in [-0.25, -0.2) is 0 Å². The van der Waals surface area contributed by atoms with Crippen LogP contribution < -0.4 is 0 Å². The van der Waals surface area contributed by atoms with Gasteiger partial charge in [-0.15, -0.1) is 11.8 Å². The second kappa shape index (κ2) is 5.89. The van der Waals surface area contributed by atoms with Gasteiger partial charge in [-0.05, 0) is 30.5 Å². The Kier molecular flexibility index (Phi) is 4.48. The van der Waals surface area contributed by atoms with Gasteiger partial charge >= 0.3 is 0 Å². The molecule has 2 rings (SSSR count). The van der Waals surface area contributed by atoms with Crippen LogP contribution in [0, 0.1) is 0 Å². The van der Waals surface area contributed by atoms with Crippen LogP contribution in [0.25, 0.3) is 0 Å². The first kappa shape index (κ1) is 12.9. The molecule has 0 atom stereocenters. The van der Waals surface area contributed by atoms with Crippen LogP contribution >= 0.6 is 11.8 Å². The Morgan fingerprint density at radius 1 is 1.06 bits per heavy atom.